The molecule has 4 rings (SSSR count). The molecule has 0 radical (unpaired) electrons. The average molecular weight is 124 g/mol. The summed E-state index contributed by atoms with van der Waals surface area (Å²) in [6, 6.07) is 0. The van der Waals surface area contributed by atoms with Crippen molar-refractivity contribution in [2.45, 2.75) is 13.0 Å². The molecule has 0 aromatic heterocycles. The SMILES string of the molecule is CC(=O)[C@]12C3OC[C@@H]1[C@H]32. The number of hydrogen-bond acceptors (Lipinski definition) is 2. The van der Waals surface area contributed by atoms with Gasteiger partial charge in [0.05, 0.1) is 18.1 Å². The lowest BCUT2D eigenvalue weighted by Crippen LogP contribution is -2.11. The van der Waals surface area contributed by atoms with Crippen molar-refractivity contribution < 1.29 is 9.53 Å². The highest BCUT2D eigenvalue weighted by molar-refractivity contribution is 5.93. The van der Waals surface area contributed by atoms with Crippen LogP contribution in [0.1, 0.15) is 6.92 Å². The maximum absolute atomic E-state index is 11.0. The number of ether oxygens (including phenoxy) is 1. The maximum Gasteiger partial charge on any atom is 0.139 e. The van der Waals surface area contributed by atoms with Crippen LogP contribution in [0.25, 0.3) is 0 Å². The second-order valence-electron chi connectivity index (χ2n) is 3.38. The molecule has 2 bridgehead atoms. The predicted molar refractivity (Wildman–Crippen MR) is 29.8 cm³/mol. The predicted octanol–water partition coefficient (Wildman–Crippen LogP) is 0.220. The number of hydrogen-bond donors (Lipinski definition) is 0. The van der Waals surface area contributed by atoms with Gasteiger partial charge in [0.1, 0.15) is 5.78 Å². The molecule has 2 aliphatic heterocycles. The number of rotatable bonds is 1. The Morgan fingerprint density at radius 3 is 2.78 bits per heavy atom. The third-order valence-corrected chi connectivity index (χ3v) is 3.24. The molecule has 0 amide bonds. The van der Waals surface area contributed by atoms with E-state index >= 15 is 0 Å². The molecule has 2 heteroatoms. The van der Waals surface area contributed by atoms with Crippen LogP contribution >= 0.6 is 0 Å². The Bertz CT molecular complexity index is 187. The third kappa shape index (κ3) is 0.227. The van der Waals surface area contributed by atoms with Crippen LogP contribution in [0.15, 0.2) is 0 Å². The quantitative estimate of drug-likeness (QED) is 0.500. The fourth-order valence-corrected chi connectivity index (χ4v) is 2.60. The lowest BCUT2D eigenvalue weighted by molar-refractivity contribution is -0.120. The summed E-state index contributed by atoms with van der Waals surface area (Å²) in [7, 11) is 0. The molecule has 4 atom stereocenters. The normalized spacial score (nSPS) is 65.2. The first-order valence-electron chi connectivity index (χ1n) is 3.42. The Labute approximate surface area is 53.2 Å². The fourth-order valence-electron chi connectivity index (χ4n) is 2.60. The summed E-state index contributed by atoms with van der Waals surface area (Å²) in [6.45, 7) is 2.55. The average Bonchev–Trinajstić information content (AvgIpc) is 2.49. The van der Waals surface area contributed by atoms with Gasteiger partial charge in [0.25, 0.3) is 0 Å². The first-order valence-corrected chi connectivity index (χ1v) is 3.42. The molecule has 1 unspecified atom stereocenters. The zero-order valence-electron chi connectivity index (χ0n) is 5.26. The highest BCUT2D eigenvalue weighted by atomic mass is 16.5. The first kappa shape index (κ1) is 4.45. The second-order valence-corrected chi connectivity index (χ2v) is 3.38. The van der Waals surface area contributed by atoms with Crippen LogP contribution in [0.5, 0.6) is 0 Å². The van der Waals surface area contributed by atoms with Crippen LogP contribution in [-0.2, 0) is 9.53 Å². The van der Waals surface area contributed by atoms with Gasteiger partial charge in [0, 0.05) is 11.8 Å². The molecule has 0 aromatic rings. The van der Waals surface area contributed by atoms with Gasteiger partial charge in [-0.1, -0.05) is 0 Å². The molecule has 0 N–H and O–H groups in total. The number of carbonyl (C=O) groups is 1. The van der Waals surface area contributed by atoms with Crippen LogP contribution in [0.4, 0.5) is 0 Å². The van der Waals surface area contributed by atoms with E-state index in [0.717, 1.165) is 6.61 Å². The summed E-state index contributed by atoms with van der Waals surface area (Å²) in [5.41, 5.74) is 0.0833. The standard InChI is InChI=1S/C7H8O2/c1-3(8)7-4-2-9-6(7)5(4)7/h4-6H,2H2,1H3/t4-,5-,6?,7+/m1/s1. The minimum atomic E-state index is 0.0833. The van der Waals surface area contributed by atoms with Gasteiger partial charge in [0.15, 0.2) is 0 Å². The molecule has 9 heavy (non-hydrogen) atoms. The van der Waals surface area contributed by atoms with Crippen LogP contribution < -0.4 is 0 Å². The molecule has 2 nitrogen and oxygen atoms in total. The van der Waals surface area contributed by atoms with E-state index in [1.54, 1.807) is 6.92 Å². The van der Waals surface area contributed by atoms with Gasteiger partial charge in [-0.2, -0.15) is 0 Å². The number of ketones is 1. The molecule has 2 saturated carbocycles. The van der Waals surface area contributed by atoms with E-state index in [4.69, 9.17) is 4.74 Å². The summed E-state index contributed by atoms with van der Waals surface area (Å²) in [5.74, 6) is 1.66. The van der Waals surface area contributed by atoms with E-state index in [-0.39, 0.29) is 5.41 Å². The van der Waals surface area contributed by atoms with Gasteiger partial charge >= 0.3 is 0 Å². The van der Waals surface area contributed by atoms with Gasteiger partial charge in [-0.25, -0.2) is 0 Å². The van der Waals surface area contributed by atoms with Gasteiger partial charge in [-0.05, 0) is 6.92 Å². The van der Waals surface area contributed by atoms with Crippen molar-refractivity contribution in [3.05, 3.63) is 0 Å². The largest absolute Gasteiger partial charge is 0.376 e. The van der Waals surface area contributed by atoms with Crippen molar-refractivity contribution in [3.8, 4) is 0 Å². The molecule has 2 aliphatic carbocycles. The Morgan fingerprint density at radius 1 is 1.78 bits per heavy atom. The van der Waals surface area contributed by atoms with Gasteiger partial charge in [0.2, 0.25) is 0 Å². The summed E-state index contributed by atoms with van der Waals surface area (Å²) >= 11 is 0. The zero-order valence-corrected chi connectivity index (χ0v) is 5.26. The van der Waals surface area contributed by atoms with E-state index < -0.39 is 0 Å². The van der Waals surface area contributed by atoms with Gasteiger partial charge in [-0.3, -0.25) is 4.79 Å². The highest BCUT2D eigenvalue weighted by Crippen LogP contribution is 2.85. The van der Waals surface area contributed by atoms with E-state index in [1.807, 2.05) is 0 Å². The molecule has 2 heterocycles. The van der Waals surface area contributed by atoms with E-state index in [1.165, 1.54) is 0 Å². The first-order chi connectivity index (χ1) is 4.29. The molecule has 4 fully saturated rings. The minimum Gasteiger partial charge on any atom is -0.376 e. The van der Waals surface area contributed by atoms with Crippen LogP contribution in [0, 0.1) is 17.3 Å². The van der Waals surface area contributed by atoms with Crippen molar-refractivity contribution >= 4 is 5.78 Å². The van der Waals surface area contributed by atoms with Crippen molar-refractivity contribution in [3.63, 3.8) is 0 Å². The van der Waals surface area contributed by atoms with Crippen molar-refractivity contribution in [2.24, 2.45) is 17.3 Å². The minimum absolute atomic E-state index is 0.0833. The highest BCUT2D eigenvalue weighted by Gasteiger charge is 2.93. The van der Waals surface area contributed by atoms with Gasteiger partial charge < -0.3 is 4.74 Å². The van der Waals surface area contributed by atoms with E-state index in [0.29, 0.717) is 23.7 Å². The Kier molecular flexibility index (Phi) is 0.430. The molecular weight excluding hydrogens is 116 g/mol. The van der Waals surface area contributed by atoms with E-state index in [9.17, 15) is 4.79 Å². The summed E-state index contributed by atoms with van der Waals surface area (Å²) in [6.07, 6.45) is 0.361. The maximum atomic E-state index is 11.0. The Hall–Kier alpha value is -0.370. The smallest absolute Gasteiger partial charge is 0.139 e. The molecule has 4 aliphatic rings. The molecule has 2 saturated heterocycles. The van der Waals surface area contributed by atoms with E-state index in [2.05, 4.69) is 0 Å². The van der Waals surface area contributed by atoms with Crippen LogP contribution in [0.2, 0.25) is 0 Å². The van der Waals surface area contributed by atoms with Crippen molar-refractivity contribution in [1.82, 2.24) is 0 Å². The number of carbonyl (C=O) groups excluding carboxylic acids is 1. The topological polar surface area (TPSA) is 26.3 Å². The second kappa shape index (κ2) is 0.870. The molecule has 0 aromatic carbocycles. The monoisotopic (exact) mass is 124 g/mol. The van der Waals surface area contributed by atoms with Crippen LogP contribution in [0.3, 0.4) is 0 Å². The third-order valence-electron chi connectivity index (χ3n) is 3.24. The van der Waals surface area contributed by atoms with Crippen molar-refractivity contribution in [2.75, 3.05) is 6.61 Å². The lowest BCUT2D eigenvalue weighted by atomic mass is 10.0. The fraction of sp³-hybridized carbons (Fsp3) is 0.857. The Balaban J connectivity index is 2.04. The molecular formula is C7H8O2. The van der Waals surface area contributed by atoms with Gasteiger partial charge in [-0.15, -0.1) is 0 Å². The lowest BCUT2D eigenvalue weighted by Gasteiger charge is -1.97. The molecule has 48 valence electrons. The van der Waals surface area contributed by atoms with Crippen LogP contribution in [-0.4, -0.2) is 18.5 Å². The Morgan fingerprint density at radius 2 is 2.56 bits per heavy atom. The number of fused-ring (bicyclic) bond motifs is 1. The van der Waals surface area contributed by atoms with Crippen molar-refractivity contribution in [1.29, 1.82) is 0 Å². The molecule has 0 spiro atoms. The summed E-state index contributed by atoms with van der Waals surface area (Å²) < 4.78 is 5.31. The summed E-state index contributed by atoms with van der Waals surface area (Å²) in [5, 5.41) is 0. The zero-order chi connectivity index (χ0) is 6.22. The number of Topliss-reactive ketones (excluding diaryl/α,β-unsaturated/α-hetero) is 1. The summed E-state index contributed by atoms with van der Waals surface area (Å²) in [4.78, 5) is 11.0.